The van der Waals surface area contributed by atoms with Gasteiger partial charge < -0.3 is 15.3 Å². The van der Waals surface area contributed by atoms with E-state index in [9.17, 15) is 14.7 Å². The summed E-state index contributed by atoms with van der Waals surface area (Å²) >= 11 is 1.34. The maximum Gasteiger partial charge on any atom is 0.331 e. The van der Waals surface area contributed by atoms with Crippen molar-refractivity contribution in [3.63, 3.8) is 0 Å². The van der Waals surface area contributed by atoms with E-state index in [4.69, 9.17) is 0 Å². The smallest absolute Gasteiger partial charge is 0.331 e. The minimum absolute atomic E-state index is 0.193. The zero-order valence-corrected chi connectivity index (χ0v) is 13.3. The van der Waals surface area contributed by atoms with Crippen LogP contribution in [-0.2, 0) is 4.79 Å². The average molecular weight is 310 g/mol. The minimum atomic E-state index is -1.03. The number of carboxylic acids is 1. The van der Waals surface area contributed by atoms with Crippen LogP contribution in [-0.4, -0.2) is 35.1 Å². The fourth-order valence-corrected chi connectivity index (χ4v) is 3.63. The summed E-state index contributed by atoms with van der Waals surface area (Å²) in [6, 6.07) is 2.28. The normalized spacial score (nSPS) is 18.5. The van der Waals surface area contributed by atoms with E-state index in [1.54, 1.807) is 17.0 Å². The monoisotopic (exact) mass is 310 g/mol. The Morgan fingerprint density at radius 1 is 1.48 bits per heavy atom. The third-order valence-corrected chi connectivity index (χ3v) is 5.51. The molecule has 1 aromatic rings. The maximum absolute atomic E-state index is 12.3. The van der Waals surface area contributed by atoms with Crippen LogP contribution >= 0.6 is 11.3 Å². The molecule has 0 saturated carbocycles. The van der Waals surface area contributed by atoms with Crippen LogP contribution < -0.4 is 5.32 Å². The molecule has 5 nitrogen and oxygen atoms in total. The van der Waals surface area contributed by atoms with Gasteiger partial charge in [-0.2, -0.15) is 0 Å². The van der Waals surface area contributed by atoms with Gasteiger partial charge >= 0.3 is 12.0 Å². The molecule has 116 valence electrons. The van der Waals surface area contributed by atoms with Crippen molar-refractivity contribution in [2.75, 3.05) is 13.1 Å². The van der Waals surface area contributed by atoms with E-state index >= 15 is 0 Å². The molecule has 1 unspecified atom stereocenters. The highest BCUT2D eigenvalue weighted by Gasteiger charge is 2.38. The Balaban J connectivity index is 2.02. The first-order valence-corrected chi connectivity index (χ1v) is 8.21. The maximum atomic E-state index is 12.3. The summed E-state index contributed by atoms with van der Waals surface area (Å²) in [5.74, 6) is -1.03. The van der Waals surface area contributed by atoms with Gasteiger partial charge in [0.1, 0.15) is 0 Å². The highest BCUT2D eigenvalue weighted by Crippen LogP contribution is 2.37. The van der Waals surface area contributed by atoms with Crippen molar-refractivity contribution in [2.24, 2.45) is 5.41 Å². The predicted octanol–water partition coefficient (Wildman–Crippen LogP) is 3.10. The molecule has 0 bridgehead atoms. The summed E-state index contributed by atoms with van der Waals surface area (Å²) < 4.78 is 0. The predicted molar refractivity (Wildman–Crippen MR) is 82.4 cm³/mol. The van der Waals surface area contributed by atoms with Crippen LogP contribution in [0, 0.1) is 5.41 Å². The highest BCUT2D eigenvalue weighted by atomic mass is 32.1. The third-order valence-electron chi connectivity index (χ3n) is 4.57. The van der Waals surface area contributed by atoms with E-state index in [-0.39, 0.29) is 11.4 Å². The number of hydrogen-bond acceptors (Lipinski definition) is 3. The first kappa shape index (κ1) is 15.8. The van der Waals surface area contributed by atoms with Crippen molar-refractivity contribution in [3.05, 3.63) is 22.4 Å². The SMILES string of the molecule is CCC1(CC)CCN(C(=O)NC(C(=O)O)c2cccs2)C1. The van der Waals surface area contributed by atoms with Crippen molar-refractivity contribution in [1.82, 2.24) is 10.2 Å². The standard InChI is InChI=1S/C15H22N2O3S/c1-3-15(4-2)7-8-17(10-15)14(20)16-12(13(18)19)11-6-5-9-21-11/h5-6,9,12H,3-4,7-8,10H2,1-2H3,(H,16,20)(H,18,19). The van der Waals surface area contributed by atoms with Gasteiger partial charge in [0.2, 0.25) is 0 Å². The van der Waals surface area contributed by atoms with E-state index in [0.717, 1.165) is 19.3 Å². The van der Waals surface area contributed by atoms with Crippen LogP contribution in [0.4, 0.5) is 4.79 Å². The lowest BCUT2D eigenvalue weighted by molar-refractivity contribution is -0.139. The van der Waals surface area contributed by atoms with Crippen LogP contribution in [0.3, 0.4) is 0 Å². The first-order valence-electron chi connectivity index (χ1n) is 7.33. The zero-order valence-electron chi connectivity index (χ0n) is 12.5. The van der Waals surface area contributed by atoms with Crippen molar-refractivity contribution in [2.45, 2.75) is 39.2 Å². The molecule has 2 N–H and O–H groups in total. The van der Waals surface area contributed by atoms with Crippen molar-refractivity contribution in [3.8, 4) is 0 Å². The molecule has 1 aliphatic heterocycles. The van der Waals surface area contributed by atoms with Crippen molar-refractivity contribution >= 4 is 23.3 Å². The summed E-state index contributed by atoms with van der Waals surface area (Å²) in [7, 11) is 0. The molecule has 0 spiro atoms. The largest absolute Gasteiger partial charge is 0.479 e. The number of hydrogen-bond donors (Lipinski definition) is 2. The van der Waals surface area contributed by atoms with Crippen LogP contribution in [0.1, 0.15) is 44.0 Å². The minimum Gasteiger partial charge on any atom is -0.479 e. The topological polar surface area (TPSA) is 69.6 Å². The van der Waals surface area contributed by atoms with E-state index < -0.39 is 12.0 Å². The molecular weight excluding hydrogens is 288 g/mol. The fourth-order valence-electron chi connectivity index (χ4n) is 2.86. The zero-order chi connectivity index (χ0) is 15.5. The van der Waals surface area contributed by atoms with Crippen molar-refractivity contribution < 1.29 is 14.7 Å². The summed E-state index contributed by atoms with van der Waals surface area (Å²) in [4.78, 5) is 26.1. The lowest BCUT2D eigenvalue weighted by Gasteiger charge is -2.27. The van der Waals surface area contributed by atoms with Gasteiger partial charge in [-0.25, -0.2) is 9.59 Å². The van der Waals surface area contributed by atoms with Gasteiger partial charge in [-0.1, -0.05) is 19.9 Å². The number of likely N-dealkylation sites (tertiary alicyclic amines) is 1. The molecule has 1 atom stereocenters. The lowest BCUT2D eigenvalue weighted by atomic mass is 9.82. The summed E-state index contributed by atoms with van der Waals surface area (Å²) in [6.45, 7) is 5.71. The van der Waals surface area contributed by atoms with Gasteiger partial charge in [0.15, 0.2) is 6.04 Å². The van der Waals surface area contributed by atoms with Gasteiger partial charge in [0, 0.05) is 18.0 Å². The molecule has 1 aromatic heterocycles. The average Bonchev–Trinajstić information content (AvgIpc) is 3.14. The Morgan fingerprint density at radius 3 is 2.67 bits per heavy atom. The highest BCUT2D eigenvalue weighted by molar-refractivity contribution is 7.10. The lowest BCUT2D eigenvalue weighted by Crippen LogP contribution is -2.43. The number of nitrogens with one attached hydrogen (secondary N) is 1. The van der Waals surface area contributed by atoms with E-state index in [1.807, 2.05) is 5.38 Å². The molecule has 0 aliphatic carbocycles. The molecule has 0 aromatic carbocycles. The first-order chi connectivity index (χ1) is 10.0. The second-order valence-electron chi connectivity index (χ2n) is 5.61. The van der Waals surface area contributed by atoms with E-state index in [2.05, 4.69) is 19.2 Å². The second-order valence-corrected chi connectivity index (χ2v) is 6.59. The molecule has 2 rings (SSSR count). The Bertz CT molecular complexity index is 497. The van der Waals surface area contributed by atoms with Crippen molar-refractivity contribution in [1.29, 1.82) is 0 Å². The quantitative estimate of drug-likeness (QED) is 0.878. The molecule has 0 radical (unpaired) electrons. The summed E-state index contributed by atoms with van der Waals surface area (Å²) in [5, 5.41) is 13.8. The summed E-state index contributed by atoms with van der Waals surface area (Å²) in [5.41, 5.74) is 0.193. The number of carbonyl (C=O) groups is 2. The number of carboxylic acid groups (broad SMARTS) is 1. The van der Waals surface area contributed by atoms with Crippen LogP contribution in [0.25, 0.3) is 0 Å². The molecule has 21 heavy (non-hydrogen) atoms. The van der Waals surface area contributed by atoms with Gasteiger partial charge in [-0.15, -0.1) is 11.3 Å². The van der Waals surface area contributed by atoms with Gasteiger partial charge in [0.05, 0.1) is 0 Å². The molecule has 2 amide bonds. The number of urea groups is 1. The molecule has 2 heterocycles. The number of amides is 2. The Hall–Kier alpha value is -1.56. The number of nitrogens with zero attached hydrogens (tertiary/aromatic N) is 1. The van der Waals surface area contributed by atoms with Gasteiger partial charge in [-0.3, -0.25) is 0 Å². The fraction of sp³-hybridized carbons (Fsp3) is 0.600. The van der Waals surface area contributed by atoms with Crippen LogP contribution in [0.5, 0.6) is 0 Å². The Labute approximate surface area is 129 Å². The molecular formula is C15H22N2O3S. The number of aliphatic carboxylic acids is 1. The second kappa shape index (κ2) is 6.47. The number of thiophene rings is 1. The number of carbonyl (C=O) groups excluding carboxylic acids is 1. The van der Waals surface area contributed by atoms with Gasteiger partial charge in [0.25, 0.3) is 0 Å². The molecule has 1 aliphatic rings. The van der Waals surface area contributed by atoms with E-state index in [0.29, 0.717) is 18.0 Å². The Morgan fingerprint density at radius 2 is 2.19 bits per heavy atom. The van der Waals surface area contributed by atoms with Crippen LogP contribution in [0.2, 0.25) is 0 Å². The van der Waals surface area contributed by atoms with E-state index in [1.165, 1.54) is 11.3 Å². The van der Waals surface area contributed by atoms with Crippen LogP contribution in [0.15, 0.2) is 17.5 Å². The molecule has 1 saturated heterocycles. The third kappa shape index (κ3) is 3.37. The molecule has 1 fully saturated rings. The number of rotatable bonds is 5. The van der Waals surface area contributed by atoms with Gasteiger partial charge in [-0.05, 0) is 36.1 Å². The summed E-state index contributed by atoms with van der Waals surface area (Å²) in [6.07, 6.45) is 3.07. The molecule has 6 heteroatoms. The Kier molecular flexibility index (Phi) is 4.88.